The van der Waals surface area contributed by atoms with Gasteiger partial charge in [0.1, 0.15) is 5.41 Å². The van der Waals surface area contributed by atoms with Gasteiger partial charge in [0.15, 0.2) is 0 Å². The summed E-state index contributed by atoms with van der Waals surface area (Å²) in [7, 11) is 1.47. The summed E-state index contributed by atoms with van der Waals surface area (Å²) in [6.45, 7) is 2.17. The van der Waals surface area contributed by atoms with Gasteiger partial charge in [0, 0.05) is 0 Å². The van der Waals surface area contributed by atoms with Crippen molar-refractivity contribution in [1.82, 2.24) is 0 Å². The first-order valence-electron chi connectivity index (χ1n) is 7.95. The minimum Gasteiger partial charge on any atom is -0.468 e. The fourth-order valence-electron chi connectivity index (χ4n) is 3.05. The lowest BCUT2D eigenvalue weighted by atomic mass is 9.71. The van der Waals surface area contributed by atoms with Crippen LogP contribution in [0.5, 0.6) is 0 Å². The molecule has 0 unspecified atom stereocenters. The minimum absolute atomic E-state index is 0.180. The number of ether oxygens (including phenoxy) is 1. The van der Waals surface area contributed by atoms with Gasteiger partial charge >= 0.3 is 5.97 Å². The van der Waals surface area contributed by atoms with Crippen LogP contribution >= 0.6 is 0 Å². The van der Waals surface area contributed by atoms with Crippen LogP contribution in [-0.2, 0) is 14.9 Å². The smallest absolute Gasteiger partial charge is 0.320 e. The Bertz CT molecular complexity index is 536. The van der Waals surface area contributed by atoms with E-state index in [2.05, 4.69) is 6.92 Å². The van der Waals surface area contributed by atoms with Crippen LogP contribution < -0.4 is 0 Å². The molecule has 0 spiro atoms. The van der Waals surface area contributed by atoms with E-state index in [4.69, 9.17) is 4.74 Å². The number of unbranched alkanes of at least 4 members (excludes halogenated alkanes) is 2. The second-order valence-electron chi connectivity index (χ2n) is 5.59. The van der Waals surface area contributed by atoms with Crippen molar-refractivity contribution in [2.24, 2.45) is 0 Å². The number of hydrogen-bond acceptors (Lipinski definition) is 2. The Labute approximate surface area is 133 Å². The number of rotatable bonds is 7. The average Bonchev–Trinajstić information content (AvgIpc) is 2.60. The fourth-order valence-corrected chi connectivity index (χ4v) is 3.05. The summed E-state index contributed by atoms with van der Waals surface area (Å²) in [6, 6.07) is 20.0. The van der Waals surface area contributed by atoms with E-state index in [1.54, 1.807) is 0 Å². The first-order valence-corrected chi connectivity index (χ1v) is 7.95. The van der Waals surface area contributed by atoms with E-state index in [1.807, 2.05) is 60.7 Å². The molecule has 0 aromatic heterocycles. The third kappa shape index (κ3) is 3.22. The Morgan fingerprint density at radius 2 is 1.41 bits per heavy atom. The second kappa shape index (κ2) is 7.79. The van der Waals surface area contributed by atoms with Crippen molar-refractivity contribution in [1.29, 1.82) is 0 Å². The van der Waals surface area contributed by atoms with Gasteiger partial charge in [0.2, 0.25) is 0 Å². The predicted octanol–water partition coefficient (Wildman–Crippen LogP) is 4.73. The van der Waals surface area contributed by atoms with E-state index in [0.29, 0.717) is 0 Å². The average molecular weight is 296 g/mol. The first-order chi connectivity index (χ1) is 10.8. The molecule has 0 aliphatic rings. The topological polar surface area (TPSA) is 26.3 Å². The van der Waals surface area contributed by atoms with Gasteiger partial charge in [-0.25, -0.2) is 0 Å². The van der Waals surface area contributed by atoms with Gasteiger partial charge in [-0.05, 0) is 17.5 Å². The van der Waals surface area contributed by atoms with Crippen molar-refractivity contribution in [3.8, 4) is 0 Å². The summed E-state index contributed by atoms with van der Waals surface area (Å²) in [4.78, 5) is 12.8. The maximum absolute atomic E-state index is 12.8. The van der Waals surface area contributed by atoms with Crippen molar-refractivity contribution in [3.05, 3.63) is 71.8 Å². The summed E-state index contributed by atoms with van der Waals surface area (Å²) in [5.41, 5.74) is 1.29. The largest absolute Gasteiger partial charge is 0.468 e. The Kier molecular flexibility index (Phi) is 5.76. The molecule has 0 saturated heterocycles. The Hall–Kier alpha value is -2.09. The van der Waals surface area contributed by atoms with E-state index in [-0.39, 0.29) is 5.97 Å². The number of hydrogen-bond donors (Lipinski definition) is 0. The third-order valence-electron chi connectivity index (χ3n) is 4.22. The van der Waals surface area contributed by atoms with Crippen LogP contribution in [0, 0.1) is 0 Å². The number of methoxy groups -OCH3 is 1. The van der Waals surface area contributed by atoms with Crippen LogP contribution in [0.1, 0.15) is 43.7 Å². The summed E-state index contributed by atoms with van der Waals surface area (Å²) >= 11 is 0. The van der Waals surface area contributed by atoms with Crippen LogP contribution in [0.4, 0.5) is 0 Å². The Morgan fingerprint density at radius 3 is 1.82 bits per heavy atom. The lowest BCUT2D eigenvalue weighted by Gasteiger charge is -2.32. The molecule has 0 aliphatic heterocycles. The van der Waals surface area contributed by atoms with Crippen LogP contribution in [-0.4, -0.2) is 13.1 Å². The number of carbonyl (C=O) groups is 1. The van der Waals surface area contributed by atoms with Crippen LogP contribution in [0.25, 0.3) is 0 Å². The van der Waals surface area contributed by atoms with Crippen molar-refractivity contribution in [2.45, 2.75) is 38.0 Å². The molecule has 0 atom stereocenters. The van der Waals surface area contributed by atoms with E-state index in [9.17, 15) is 4.79 Å². The molecule has 2 aromatic carbocycles. The van der Waals surface area contributed by atoms with Crippen LogP contribution in [0.2, 0.25) is 0 Å². The van der Waals surface area contributed by atoms with E-state index in [0.717, 1.165) is 36.8 Å². The van der Waals surface area contributed by atoms with E-state index >= 15 is 0 Å². The van der Waals surface area contributed by atoms with Crippen molar-refractivity contribution in [3.63, 3.8) is 0 Å². The zero-order valence-corrected chi connectivity index (χ0v) is 13.4. The monoisotopic (exact) mass is 296 g/mol. The molecule has 0 radical (unpaired) electrons. The lowest BCUT2D eigenvalue weighted by Crippen LogP contribution is -2.38. The zero-order valence-electron chi connectivity index (χ0n) is 13.4. The molecule has 0 fully saturated rings. The van der Waals surface area contributed by atoms with E-state index in [1.165, 1.54) is 7.11 Å². The Balaban J connectivity index is 2.56. The molecule has 2 nitrogen and oxygen atoms in total. The number of esters is 1. The molecule has 0 bridgehead atoms. The summed E-state index contributed by atoms with van der Waals surface area (Å²) < 4.78 is 5.22. The maximum Gasteiger partial charge on any atom is 0.320 e. The van der Waals surface area contributed by atoms with Gasteiger partial charge in [-0.1, -0.05) is 86.8 Å². The molecule has 2 aromatic rings. The quantitative estimate of drug-likeness (QED) is 0.545. The van der Waals surface area contributed by atoms with E-state index < -0.39 is 5.41 Å². The fraction of sp³-hybridized carbons (Fsp3) is 0.350. The first kappa shape index (κ1) is 16.3. The third-order valence-corrected chi connectivity index (χ3v) is 4.22. The molecule has 0 saturated carbocycles. The van der Waals surface area contributed by atoms with Gasteiger partial charge in [0.25, 0.3) is 0 Å². The van der Waals surface area contributed by atoms with Crippen molar-refractivity contribution >= 4 is 5.97 Å². The SMILES string of the molecule is CCCCCC(C(=O)OC)(c1ccccc1)c1ccccc1. The maximum atomic E-state index is 12.8. The van der Waals surface area contributed by atoms with Gasteiger partial charge in [-0.3, -0.25) is 4.79 Å². The zero-order chi connectivity index (χ0) is 15.8. The second-order valence-corrected chi connectivity index (χ2v) is 5.59. The molecule has 0 N–H and O–H groups in total. The summed E-state index contributed by atoms with van der Waals surface area (Å²) in [6.07, 6.45) is 4.00. The highest BCUT2D eigenvalue weighted by molar-refractivity contribution is 5.87. The highest BCUT2D eigenvalue weighted by atomic mass is 16.5. The summed E-state index contributed by atoms with van der Waals surface area (Å²) in [5, 5.41) is 0. The molecule has 116 valence electrons. The predicted molar refractivity (Wildman–Crippen MR) is 89.8 cm³/mol. The normalized spacial score (nSPS) is 11.2. The molecular weight excluding hydrogens is 272 g/mol. The van der Waals surface area contributed by atoms with Gasteiger partial charge in [-0.2, -0.15) is 0 Å². The highest BCUT2D eigenvalue weighted by Crippen LogP contribution is 2.38. The minimum atomic E-state index is -0.716. The molecule has 0 aliphatic carbocycles. The van der Waals surface area contributed by atoms with Crippen molar-refractivity contribution in [2.75, 3.05) is 7.11 Å². The van der Waals surface area contributed by atoms with Crippen LogP contribution in [0.3, 0.4) is 0 Å². The lowest BCUT2D eigenvalue weighted by molar-refractivity contribution is -0.146. The number of carbonyl (C=O) groups excluding carboxylic acids is 1. The van der Waals surface area contributed by atoms with Crippen molar-refractivity contribution < 1.29 is 9.53 Å². The summed E-state index contributed by atoms with van der Waals surface area (Å²) in [5.74, 6) is -0.180. The molecule has 2 rings (SSSR count). The molecule has 2 heteroatoms. The highest BCUT2D eigenvalue weighted by Gasteiger charge is 2.42. The molecule has 0 heterocycles. The van der Waals surface area contributed by atoms with Crippen LogP contribution in [0.15, 0.2) is 60.7 Å². The molecular formula is C20H24O2. The molecule has 0 amide bonds. The van der Waals surface area contributed by atoms with Gasteiger partial charge in [0.05, 0.1) is 7.11 Å². The van der Waals surface area contributed by atoms with Gasteiger partial charge < -0.3 is 4.74 Å². The Morgan fingerprint density at radius 1 is 0.909 bits per heavy atom. The number of benzene rings is 2. The standard InChI is InChI=1S/C20H24O2/c1-3-4-11-16-20(19(21)22-2,17-12-7-5-8-13-17)18-14-9-6-10-15-18/h5-10,12-15H,3-4,11,16H2,1-2H3. The van der Waals surface area contributed by atoms with Gasteiger partial charge in [-0.15, -0.1) is 0 Å². The molecule has 22 heavy (non-hydrogen) atoms.